The van der Waals surface area contributed by atoms with E-state index in [1.807, 2.05) is 71.1 Å². The Labute approximate surface area is 199 Å². The lowest BCUT2D eigenvalue weighted by atomic mass is 9.96. The van der Waals surface area contributed by atoms with E-state index in [1.54, 1.807) is 13.3 Å². The summed E-state index contributed by atoms with van der Waals surface area (Å²) in [7, 11) is 3.51. The first-order valence-electron chi connectivity index (χ1n) is 11.5. The zero-order valence-corrected chi connectivity index (χ0v) is 19.6. The summed E-state index contributed by atoms with van der Waals surface area (Å²) in [5, 5.41) is 2.95. The Bertz CT molecular complexity index is 1100. The van der Waals surface area contributed by atoms with E-state index in [-0.39, 0.29) is 17.7 Å². The van der Waals surface area contributed by atoms with Crippen LogP contribution in [0.15, 0.2) is 60.8 Å². The van der Waals surface area contributed by atoms with Crippen molar-refractivity contribution >= 4 is 17.8 Å². The first-order chi connectivity index (χ1) is 16.5. The normalized spacial score (nSPS) is 14.0. The molecule has 2 amide bonds. The largest absolute Gasteiger partial charge is 0.497 e. The van der Waals surface area contributed by atoms with Crippen LogP contribution in [-0.4, -0.2) is 53.1 Å². The van der Waals surface area contributed by atoms with Gasteiger partial charge in [0.2, 0.25) is 17.8 Å². The molecule has 8 heteroatoms. The molecule has 2 heterocycles. The third kappa shape index (κ3) is 5.57. The Morgan fingerprint density at radius 1 is 1.03 bits per heavy atom. The number of imidazole rings is 1. The molecular formula is C26H30N4O4. The lowest BCUT2D eigenvalue weighted by molar-refractivity contribution is -0.135. The minimum Gasteiger partial charge on any atom is -0.497 e. The van der Waals surface area contributed by atoms with Crippen molar-refractivity contribution in [2.24, 2.45) is 13.0 Å². The number of hydrogen-bond donors (Lipinski definition) is 1. The summed E-state index contributed by atoms with van der Waals surface area (Å²) in [6.07, 6.45) is 3.34. The van der Waals surface area contributed by atoms with Gasteiger partial charge in [-0.1, -0.05) is 18.2 Å². The number of nitrogens with zero attached hydrogens (tertiary/aromatic N) is 3. The van der Waals surface area contributed by atoms with Crippen LogP contribution in [0.3, 0.4) is 0 Å². The van der Waals surface area contributed by atoms with E-state index in [0.717, 1.165) is 22.8 Å². The second-order valence-electron chi connectivity index (χ2n) is 8.31. The molecule has 8 nitrogen and oxygen atoms in total. The smallest absolute Gasteiger partial charge is 0.229 e. The summed E-state index contributed by atoms with van der Waals surface area (Å²) in [6.45, 7) is 1.48. The number of hydrogen-bond acceptors (Lipinski definition) is 5. The number of amides is 2. The minimum absolute atomic E-state index is 0.0584. The molecule has 1 fully saturated rings. The van der Waals surface area contributed by atoms with E-state index in [2.05, 4.69) is 10.3 Å². The molecule has 34 heavy (non-hydrogen) atoms. The number of piperidine rings is 1. The van der Waals surface area contributed by atoms with Crippen LogP contribution >= 0.6 is 0 Å². The summed E-state index contributed by atoms with van der Waals surface area (Å²) >= 11 is 0. The van der Waals surface area contributed by atoms with Crippen molar-refractivity contribution in [1.29, 1.82) is 0 Å². The Balaban J connectivity index is 1.25. The van der Waals surface area contributed by atoms with Crippen molar-refractivity contribution in [2.75, 3.05) is 32.1 Å². The summed E-state index contributed by atoms with van der Waals surface area (Å²) in [5.41, 5.74) is 1.88. The number of likely N-dealkylation sites (tertiary alicyclic amines) is 1. The molecular weight excluding hydrogens is 432 g/mol. The van der Waals surface area contributed by atoms with Gasteiger partial charge in [-0.2, -0.15) is 0 Å². The first kappa shape index (κ1) is 23.4. The second kappa shape index (κ2) is 10.9. The van der Waals surface area contributed by atoms with Crippen molar-refractivity contribution in [1.82, 2.24) is 14.5 Å². The lowest BCUT2D eigenvalue weighted by Gasteiger charge is -2.31. The number of anilines is 1. The topological polar surface area (TPSA) is 85.7 Å². The fourth-order valence-corrected chi connectivity index (χ4v) is 4.09. The highest BCUT2D eigenvalue weighted by Gasteiger charge is 2.28. The van der Waals surface area contributed by atoms with Crippen LogP contribution in [-0.2, 0) is 16.6 Å². The number of rotatable bonds is 8. The molecule has 0 bridgehead atoms. The average molecular weight is 463 g/mol. The minimum atomic E-state index is -0.147. The SMILES string of the molecule is COc1ccc(-c2cnc(NC(=O)C3CCN(C(=O)CCOc4ccccc4)CC3)n2C)cc1. The summed E-state index contributed by atoms with van der Waals surface area (Å²) in [5.74, 6) is 1.90. The standard InChI is InChI=1S/C26H30N4O4/c1-29-23(19-8-10-21(33-2)11-9-19)18-27-26(29)28-25(32)20-12-15-30(16-13-20)24(31)14-17-34-22-6-4-3-5-7-22/h3-11,18,20H,12-17H2,1-2H3,(H,27,28,32). The van der Waals surface area contributed by atoms with Gasteiger partial charge in [-0.05, 0) is 49.2 Å². The van der Waals surface area contributed by atoms with Crippen LogP contribution in [0.1, 0.15) is 19.3 Å². The molecule has 4 rings (SSSR count). The van der Waals surface area contributed by atoms with Crippen LogP contribution in [0.2, 0.25) is 0 Å². The number of para-hydroxylation sites is 1. The van der Waals surface area contributed by atoms with E-state index in [0.29, 0.717) is 44.9 Å². The van der Waals surface area contributed by atoms with Gasteiger partial charge in [0.25, 0.3) is 0 Å². The molecule has 0 spiro atoms. The van der Waals surface area contributed by atoms with Crippen LogP contribution in [0.5, 0.6) is 11.5 Å². The molecule has 1 aliphatic heterocycles. The molecule has 0 unspecified atom stereocenters. The number of methoxy groups -OCH3 is 1. The van der Waals surface area contributed by atoms with Gasteiger partial charge in [-0.3, -0.25) is 14.9 Å². The highest BCUT2D eigenvalue weighted by molar-refractivity contribution is 5.91. The van der Waals surface area contributed by atoms with Crippen LogP contribution in [0.25, 0.3) is 11.3 Å². The van der Waals surface area contributed by atoms with Crippen molar-refractivity contribution in [3.05, 3.63) is 60.8 Å². The van der Waals surface area contributed by atoms with Gasteiger partial charge >= 0.3 is 0 Å². The monoisotopic (exact) mass is 462 g/mol. The van der Waals surface area contributed by atoms with Gasteiger partial charge in [-0.25, -0.2) is 4.98 Å². The van der Waals surface area contributed by atoms with Crippen molar-refractivity contribution < 1.29 is 19.1 Å². The van der Waals surface area contributed by atoms with E-state index in [4.69, 9.17) is 9.47 Å². The van der Waals surface area contributed by atoms with E-state index in [9.17, 15) is 9.59 Å². The predicted molar refractivity (Wildman–Crippen MR) is 130 cm³/mol. The van der Waals surface area contributed by atoms with Crippen molar-refractivity contribution in [2.45, 2.75) is 19.3 Å². The maximum absolute atomic E-state index is 12.9. The summed E-state index contributed by atoms with van der Waals surface area (Å²) in [6, 6.07) is 17.2. The number of aromatic nitrogens is 2. The molecule has 178 valence electrons. The Hall–Kier alpha value is -3.81. The number of nitrogens with one attached hydrogen (secondary N) is 1. The zero-order chi connectivity index (χ0) is 23.9. The summed E-state index contributed by atoms with van der Waals surface area (Å²) in [4.78, 5) is 31.6. The van der Waals surface area contributed by atoms with Crippen LogP contribution in [0.4, 0.5) is 5.95 Å². The maximum atomic E-state index is 12.9. The van der Waals surface area contributed by atoms with Gasteiger partial charge in [0, 0.05) is 31.6 Å². The molecule has 0 aliphatic carbocycles. The number of carbonyl (C=O) groups excluding carboxylic acids is 2. The van der Waals surface area contributed by atoms with Gasteiger partial charge in [-0.15, -0.1) is 0 Å². The number of ether oxygens (including phenoxy) is 2. The molecule has 0 saturated carbocycles. The fraction of sp³-hybridized carbons (Fsp3) is 0.346. The van der Waals surface area contributed by atoms with Crippen molar-refractivity contribution in [3.63, 3.8) is 0 Å². The number of carbonyl (C=O) groups is 2. The predicted octanol–water partition coefficient (Wildman–Crippen LogP) is 3.74. The zero-order valence-electron chi connectivity index (χ0n) is 19.6. The van der Waals surface area contributed by atoms with E-state index >= 15 is 0 Å². The Kier molecular flexibility index (Phi) is 7.47. The van der Waals surface area contributed by atoms with Gasteiger partial charge < -0.3 is 18.9 Å². The maximum Gasteiger partial charge on any atom is 0.229 e. The highest BCUT2D eigenvalue weighted by atomic mass is 16.5. The molecule has 2 aromatic carbocycles. The van der Waals surface area contributed by atoms with Gasteiger partial charge in [0.05, 0.1) is 32.0 Å². The quantitative estimate of drug-likeness (QED) is 0.551. The lowest BCUT2D eigenvalue weighted by Crippen LogP contribution is -2.42. The Morgan fingerprint density at radius 2 is 1.74 bits per heavy atom. The third-order valence-corrected chi connectivity index (χ3v) is 6.16. The van der Waals surface area contributed by atoms with Gasteiger partial charge in [0.15, 0.2) is 0 Å². The van der Waals surface area contributed by atoms with Crippen LogP contribution in [0, 0.1) is 5.92 Å². The van der Waals surface area contributed by atoms with E-state index in [1.165, 1.54) is 0 Å². The molecule has 0 atom stereocenters. The molecule has 1 aliphatic rings. The van der Waals surface area contributed by atoms with Crippen molar-refractivity contribution in [3.8, 4) is 22.8 Å². The molecule has 0 radical (unpaired) electrons. The molecule has 1 saturated heterocycles. The second-order valence-corrected chi connectivity index (χ2v) is 8.31. The highest BCUT2D eigenvalue weighted by Crippen LogP contribution is 2.25. The van der Waals surface area contributed by atoms with Crippen LogP contribution < -0.4 is 14.8 Å². The molecule has 3 aromatic rings. The fourth-order valence-electron chi connectivity index (χ4n) is 4.09. The third-order valence-electron chi connectivity index (χ3n) is 6.16. The average Bonchev–Trinajstić information content (AvgIpc) is 3.24. The van der Waals surface area contributed by atoms with E-state index < -0.39 is 0 Å². The summed E-state index contributed by atoms with van der Waals surface area (Å²) < 4.78 is 12.7. The Morgan fingerprint density at radius 3 is 2.41 bits per heavy atom. The molecule has 1 aromatic heterocycles. The number of benzene rings is 2. The first-order valence-corrected chi connectivity index (χ1v) is 11.5. The molecule has 1 N–H and O–H groups in total. The van der Waals surface area contributed by atoms with Gasteiger partial charge in [0.1, 0.15) is 11.5 Å².